The minimum Gasteiger partial charge on any atom is -0.335 e. The Balaban J connectivity index is 1.64. The van der Waals surface area contributed by atoms with Crippen molar-refractivity contribution in [1.29, 1.82) is 0 Å². The van der Waals surface area contributed by atoms with Gasteiger partial charge in [0.2, 0.25) is 0 Å². The molecule has 0 aromatic heterocycles. The molecule has 2 aromatic rings. The standard InChI is InChI=1S/C20H17NOS/c1-2-21-17-9-5-6-10-18(17)23-19(21)12-11-15-13-14-7-3-4-8-16(14)20(15)22/h3-12H,2,13H2,1H3. The number of hydrogen-bond donors (Lipinski definition) is 0. The third-order valence-corrected chi connectivity index (χ3v) is 5.45. The molecule has 0 bridgehead atoms. The van der Waals surface area contributed by atoms with Crippen molar-refractivity contribution in [3.05, 3.63) is 82.4 Å². The Morgan fingerprint density at radius 1 is 1.09 bits per heavy atom. The van der Waals surface area contributed by atoms with Crippen LogP contribution in [0.4, 0.5) is 5.69 Å². The molecule has 2 nitrogen and oxygen atoms in total. The van der Waals surface area contributed by atoms with Crippen LogP contribution in [0.15, 0.2) is 76.2 Å². The minimum absolute atomic E-state index is 0.168. The lowest BCUT2D eigenvalue weighted by molar-refractivity contribution is 0.103. The van der Waals surface area contributed by atoms with Crippen molar-refractivity contribution in [1.82, 2.24) is 0 Å². The predicted octanol–water partition coefficient (Wildman–Crippen LogP) is 4.83. The van der Waals surface area contributed by atoms with E-state index >= 15 is 0 Å². The van der Waals surface area contributed by atoms with Gasteiger partial charge in [0.25, 0.3) is 0 Å². The van der Waals surface area contributed by atoms with Crippen LogP contribution in [-0.2, 0) is 6.42 Å². The highest BCUT2D eigenvalue weighted by atomic mass is 32.2. The number of fused-ring (bicyclic) bond motifs is 2. The molecule has 0 N–H and O–H groups in total. The summed E-state index contributed by atoms with van der Waals surface area (Å²) < 4.78 is 0. The van der Waals surface area contributed by atoms with Crippen molar-refractivity contribution < 1.29 is 4.79 Å². The van der Waals surface area contributed by atoms with Crippen molar-refractivity contribution in [3.63, 3.8) is 0 Å². The number of allylic oxidation sites excluding steroid dienone is 3. The summed E-state index contributed by atoms with van der Waals surface area (Å²) >= 11 is 1.77. The summed E-state index contributed by atoms with van der Waals surface area (Å²) in [5, 5.41) is 1.19. The van der Waals surface area contributed by atoms with Crippen molar-refractivity contribution in [2.75, 3.05) is 11.4 Å². The highest BCUT2D eigenvalue weighted by Crippen LogP contribution is 2.45. The summed E-state index contributed by atoms with van der Waals surface area (Å²) in [6.07, 6.45) is 4.83. The van der Waals surface area contributed by atoms with Gasteiger partial charge in [-0.25, -0.2) is 0 Å². The van der Waals surface area contributed by atoms with Gasteiger partial charge in [0.05, 0.1) is 10.7 Å². The predicted molar refractivity (Wildman–Crippen MR) is 96.0 cm³/mol. The van der Waals surface area contributed by atoms with E-state index in [1.165, 1.54) is 15.6 Å². The van der Waals surface area contributed by atoms with Crippen LogP contribution >= 0.6 is 11.8 Å². The van der Waals surface area contributed by atoms with Crippen molar-refractivity contribution in [2.45, 2.75) is 18.2 Å². The Bertz CT molecular complexity index is 850. The molecular weight excluding hydrogens is 302 g/mol. The van der Waals surface area contributed by atoms with Crippen LogP contribution in [0.5, 0.6) is 0 Å². The molecule has 0 spiro atoms. The van der Waals surface area contributed by atoms with E-state index in [0.29, 0.717) is 0 Å². The molecule has 3 heteroatoms. The van der Waals surface area contributed by atoms with E-state index in [2.05, 4.69) is 42.2 Å². The quantitative estimate of drug-likeness (QED) is 0.740. The molecule has 0 saturated heterocycles. The molecule has 23 heavy (non-hydrogen) atoms. The molecular formula is C20H17NOS. The zero-order valence-corrected chi connectivity index (χ0v) is 13.8. The summed E-state index contributed by atoms with van der Waals surface area (Å²) in [7, 11) is 0. The Morgan fingerprint density at radius 3 is 2.70 bits per heavy atom. The highest BCUT2D eigenvalue weighted by molar-refractivity contribution is 8.03. The third-order valence-electron chi connectivity index (χ3n) is 4.31. The number of anilines is 1. The first kappa shape index (κ1) is 14.3. The van der Waals surface area contributed by atoms with Gasteiger partial charge in [0.1, 0.15) is 0 Å². The van der Waals surface area contributed by atoms with E-state index in [4.69, 9.17) is 0 Å². The van der Waals surface area contributed by atoms with Gasteiger partial charge in [-0.2, -0.15) is 0 Å². The number of carbonyl (C=O) groups is 1. The molecule has 1 aliphatic heterocycles. The second-order valence-electron chi connectivity index (χ2n) is 5.67. The largest absolute Gasteiger partial charge is 0.335 e. The first-order valence-corrected chi connectivity index (χ1v) is 8.67. The van der Waals surface area contributed by atoms with Gasteiger partial charge in [-0.3, -0.25) is 4.79 Å². The molecule has 4 rings (SSSR count). The second kappa shape index (κ2) is 5.74. The summed E-state index contributed by atoms with van der Waals surface area (Å²) in [6.45, 7) is 3.08. The topological polar surface area (TPSA) is 20.3 Å². The van der Waals surface area contributed by atoms with Gasteiger partial charge in [-0.05, 0) is 30.7 Å². The van der Waals surface area contributed by atoms with Crippen LogP contribution in [0, 0.1) is 0 Å². The van der Waals surface area contributed by atoms with Gasteiger partial charge in [0.15, 0.2) is 5.78 Å². The van der Waals surface area contributed by atoms with Crippen LogP contribution in [0.2, 0.25) is 0 Å². The van der Waals surface area contributed by atoms with E-state index in [9.17, 15) is 4.79 Å². The van der Waals surface area contributed by atoms with Crippen LogP contribution in [0.3, 0.4) is 0 Å². The van der Waals surface area contributed by atoms with Crippen LogP contribution in [0.25, 0.3) is 0 Å². The molecule has 0 radical (unpaired) electrons. The Labute approximate surface area is 140 Å². The summed E-state index contributed by atoms with van der Waals surface area (Å²) in [6, 6.07) is 16.3. The molecule has 0 amide bonds. The van der Waals surface area contributed by atoms with E-state index in [-0.39, 0.29) is 5.78 Å². The molecule has 1 aliphatic carbocycles. The maximum absolute atomic E-state index is 12.5. The first-order valence-electron chi connectivity index (χ1n) is 7.86. The number of para-hydroxylation sites is 1. The van der Waals surface area contributed by atoms with Crippen molar-refractivity contribution in [2.24, 2.45) is 0 Å². The number of thioether (sulfide) groups is 1. The fourth-order valence-corrected chi connectivity index (χ4v) is 4.29. The Morgan fingerprint density at radius 2 is 1.87 bits per heavy atom. The van der Waals surface area contributed by atoms with Gasteiger partial charge < -0.3 is 4.90 Å². The zero-order chi connectivity index (χ0) is 15.8. The number of ketones is 1. The lowest BCUT2D eigenvalue weighted by atomic mass is 10.1. The smallest absolute Gasteiger partial charge is 0.189 e. The number of carbonyl (C=O) groups excluding carboxylic acids is 1. The maximum atomic E-state index is 12.5. The number of rotatable bonds is 2. The number of hydrogen-bond acceptors (Lipinski definition) is 3. The van der Waals surface area contributed by atoms with Crippen molar-refractivity contribution in [3.8, 4) is 0 Å². The second-order valence-corrected chi connectivity index (χ2v) is 6.74. The van der Waals surface area contributed by atoms with Gasteiger partial charge in [-0.1, -0.05) is 54.2 Å². The van der Waals surface area contributed by atoms with Crippen LogP contribution in [0.1, 0.15) is 22.8 Å². The Kier molecular flexibility index (Phi) is 3.58. The molecule has 0 unspecified atom stereocenters. The SMILES string of the molecule is CCN1C(=CC=C2Cc3ccccc3C2=O)Sc2ccccc21. The molecule has 114 valence electrons. The summed E-state index contributed by atoms with van der Waals surface area (Å²) in [5.41, 5.74) is 4.13. The lowest BCUT2D eigenvalue weighted by Gasteiger charge is -2.17. The van der Waals surface area contributed by atoms with Gasteiger partial charge in [0, 0.05) is 29.0 Å². The molecule has 2 aliphatic rings. The number of benzene rings is 2. The van der Waals surface area contributed by atoms with E-state index in [1.807, 2.05) is 30.3 Å². The van der Waals surface area contributed by atoms with Crippen LogP contribution < -0.4 is 4.90 Å². The fourth-order valence-electron chi connectivity index (χ4n) is 3.16. The molecule has 1 heterocycles. The molecule has 2 aromatic carbocycles. The van der Waals surface area contributed by atoms with E-state index in [1.54, 1.807) is 11.8 Å². The van der Waals surface area contributed by atoms with E-state index in [0.717, 1.165) is 29.7 Å². The minimum atomic E-state index is 0.168. The number of nitrogens with zero attached hydrogens (tertiary/aromatic N) is 1. The average Bonchev–Trinajstić information content (AvgIpc) is 3.10. The van der Waals surface area contributed by atoms with Crippen molar-refractivity contribution >= 4 is 23.2 Å². The molecule has 0 fully saturated rings. The van der Waals surface area contributed by atoms with Crippen LogP contribution in [-0.4, -0.2) is 12.3 Å². The summed E-state index contributed by atoms with van der Waals surface area (Å²) in [4.78, 5) is 16.0. The van der Waals surface area contributed by atoms with Gasteiger partial charge >= 0.3 is 0 Å². The molecule has 0 atom stereocenters. The monoisotopic (exact) mass is 319 g/mol. The fraction of sp³-hybridized carbons (Fsp3) is 0.150. The zero-order valence-electron chi connectivity index (χ0n) is 13.0. The normalized spacial score (nSPS) is 19.5. The Hall–Kier alpha value is -2.26. The first-order chi connectivity index (χ1) is 11.3. The van der Waals surface area contributed by atoms with Gasteiger partial charge in [-0.15, -0.1) is 0 Å². The maximum Gasteiger partial charge on any atom is 0.189 e. The lowest BCUT2D eigenvalue weighted by Crippen LogP contribution is -2.16. The average molecular weight is 319 g/mol. The van der Waals surface area contributed by atoms with E-state index < -0.39 is 0 Å². The number of Topliss-reactive ketones (excluding diaryl/α,β-unsaturated/α-hetero) is 1. The summed E-state index contributed by atoms with van der Waals surface area (Å²) in [5.74, 6) is 0.168. The highest BCUT2D eigenvalue weighted by Gasteiger charge is 2.25. The third kappa shape index (κ3) is 2.41. The molecule has 0 saturated carbocycles.